The molecule has 6 nitrogen and oxygen atoms in total. The van der Waals surface area contributed by atoms with E-state index in [4.69, 9.17) is 24.4 Å². The summed E-state index contributed by atoms with van der Waals surface area (Å²) in [4.78, 5) is 23.2. The van der Waals surface area contributed by atoms with Gasteiger partial charge in [-0.3, -0.25) is 9.59 Å². The van der Waals surface area contributed by atoms with E-state index < -0.39 is 0 Å². The van der Waals surface area contributed by atoms with Gasteiger partial charge in [0.2, 0.25) is 11.8 Å². The minimum absolute atomic E-state index is 0.0546. The van der Waals surface area contributed by atoms with Crippen LogP contribution in [0, 0.1) is 0 Å². The molecule has 126 valence electrons. The first-order valence-corrected chi connectivity index (χ1v) is 9.69. The van der Waals surface area contributed by atoms with Gasteiger partial charge in [0.15, 0.2) is 0 Å². The average molecular weight is 399 g/mol. The van der Waals surface area contributed by atoms with Crippen LogP contribution in [0.25, 0.3) is 0 Å². The van der Waals surface area contributed by atoms with Crippen LogP contribution in [0.4, 0.5) is 11.4 Å². The molecule has 2 fully saturated rings. The molecule has 4 N–H and O–H groups in total. The summed E-state index contributed by atoms with van der Waals surface area (Å²) in [6.07, 6.45) is 0. The molecule has 2 unspecified atom stereocenters. The SMILES string of the molecule is O=C1NC(=S)SC1CNc1ccc(NCC2SC(=S)NC2=O)cc1. The van der Waals surface area contributed by atoms with Gasteiger partial charge in [-0.1, -0.05) is 48.0 Å². The molecule has 2 heterocycles. The molecule has 0 saturated carbocycles. The number of benzene rings is 1. The Labute approximate surface area is 158 Å². The van der Waals surface area contributed by atoms with Crippen LogP contribution in [0.2, 0.25) is 0 Å². The maximum atomic E-state index is 11.6. The Balaban J connectivity index is 1.47. The van der Waals surface area contributed by atoms with Gasteiger partial charge in [0.05, 0.1) is 0 Å². The minimum atomic E-state index is -0.197. The normalized spacial score (nSPS) is 23.2. The molecule has 24 heavy (non-hydrogen) atoms. The highest BCUT2D eigenvalue weighted by atomic mass is 32.2. The summed E-state index contributed by atoms with van der Waals surface area (Å²) in [5, 5.41) is 11.3. The average Bonchev–Trinajstić information content (AvgIpc) is 3.04. The van der Waals surface area contributed by atoms with Crippen LogP contribution in [0.1, 0.15) is 0 Å². The quantitative estimate of drug-likeness (QED) is 0.538. The largest absolute Gasteiger partial charge is 0.383 e. The lowest BCUT2D eigenvalue weighted by Crippen LogP contribution is -2.29. The zero-order valence-corrected chi connectivity index (χ0v) is 15.6. The van der Waals surface area contributed by atoms with Gasteiger partial charge in [-0.15, -0.1) is 0 Å². The van der Waals surface area contributed by atoms with E-state index in [-0.39, 0.29) is 22.3 Å². The monoisotopic (exact) mass is 398 g/mol. The molecule has 2 saturated heterocycles. The minimum Gasteiger partial charge on any atom is -0.383 e. The maximum Gasteiger partial charge on any atom is 0.240 e. The van der Waals surface area contributed by atoms with E-state index >= 15 is 0 Å². The number of anilines is 2. The Morgan fingerprint density at radius 2 is 1.21 bits per heavy atom. The van der Waals surface area contributed by atoms with E-state index in [1.165, 1.54) is 23.5 Å². The van der Waals surface area contributed by atoms with Crippen LogP contribution in [-0.2, 0) is 9.59 Å². The van der Waals surface area contributed by atoms with Crippen LogP contribution in [-0.4, -0.2) is 44.0 Å². The Morgan fingerprint density at radius 3 is 1.50 bits per heavy atom. The third-order valence-electron chi connectivity index (χ3n) is 3.40. The van der Waals surface area contributed by atoms with Gasteiger partial charge in [0.1, 0.15) is 19.1 Å². The molecule has 0 bridgehead atoms. The van der Waals surface area contributed by atoms with Gasteiger partial charge in [-0.05, 0) is 24.3 Å². The summed E-state index contributed by atoms with van der Waals surface area (Å²) in [5.41, 5.74) is 1.84. The Hall–Kier alpha value is -1.36. The number of carbonyl (C=O) groups excluding carboxylic acids is 2. The predicted octanol–water partition coefficient (Wildman–Crippen LogP) is 1.54. The summed E-state index contributed by atoms with van der Waals surface area (Å²) >= 11 is 12.7. The number of thiocarbonyl (C=S) groups is 2. The van der Waals surface area contributed by atoms with Crippen molar-refractivity contribution in [1.29, 1.82) is 0 Å². The first kappa shape index (κ1) is 17.5. The first-order valence-electron chi connectivity index (χ1n) is 7.12. The summed E-state index contributed by atoms with van der Waals surface area (Å²) in [6.45, 7) is 1.03. The molecule has 0 spiro atoms. The fourth-order valence-corrected chi connectivity index (χ4v) is 4.58. The molecule has 2 aliphatic heterocycles. The standard InChI is InChI=1S/C14H14N4O2S4/c19-11-9(23-13(21)17-11)5-15-7-1-2-8(4-3-7)16-6-10-12(20)18-14(22)24-10/h1-4,9-10,15-16H,5-6H2,(H,17,19,21)(H,18,20,22). The van der Waals surface area contributed by atoms with E-state index in [1.54, 1.807) is 0 Å². The predicted molar refractivity (Wildman–Crippen MR) is 108 cm³/mol. The molecule has 2 atom stereocenters. The second kappa shape index (κ2) is 7.68. The smallest absolute Gasteiger partial charge is 0.240 e. The van der Waals surface area contributed by atoms with Crippen molar-refractivity contribution < 1.29 is 9.59 Å². The molecular formula is C14H14N4O2S4. The van der Waals surface area contributed by atoms with E-state index in [0.717, 1.165) is 11.4 Å². The molecule has 2 amide bonds. The number of nitrogens with one attached hydrogen (secondary N) is 4. The third kappa shape index (κ3) is 4.38. The Morgan fingerprint density at radius 1 is 0.833 bits per heavy atom. The molecule has 2 aliphatic rings. The highest BCUT2D eigenvalue weighted by Gasteiger charge is 2.29. The van der Waals surface area contributed by atoms with Crippen molar-refractivity contribution in [2.75, 3.05) is 23.7 Å². The number of hydrogen-bond donors (Lipinski definition) is 4. The molecular weight excluding hydrogens is 384 g/mol. The van der Waals surface area contributed by atoms with E-state index in [9.17, 15) is 9.59 Å². The second-order valence-electron chi connectivity index (χ2n) is 5.11. The topological polar surface area (TPSA) is 82.3 Å². The summed E-state index contributed by atoms with van der Waals surface area (Å²) in [5.74, 6) is -0.109. The lowest BCUT2D eigenvalue weighted by atomic mass is 10.2. The molecule has 1 aromatic rings. The van der Waals surface area contributed by atoms with Crippen molar-refractivity contribution in [2.45, 2.75) is 10.5 Å². The van der Waals surface area contributed by atoms with Crippen molar-refractivity contribution in [3.8, 4) is 0 Å². The maximum absolute atomic E-state index is 11.6. The van der Waals surface area contributed by atoms with Crippen molar-refractivity contribution in [1.82, 2.24) is 10.6 Å². The molecule has 0 aliphatic carbocycles. The van der Waals surface area contributed by atoms with Crippen molar-refractivity contribution >= 4 is 79.8 Å². The molecule has 0 aromatic heterocycles. The fraction of sp³-hybridized carbons (Fsp3) is 0.286. The van der Waals surface area contributed by atoms with Crippen molar-refractivity contribution in [3.63, 3.8) is 0 Å². The zero-order chi connectivity index (χ0) is 17.1. The van der Waals surface area contributed by atoms with Gasteiger partial charge in [0.25, 0.3) is 0 Å². The van der Waals surface area contributed by atoms with Crippen molar-refractivity contribution in [3.05, 3.63) is 24.3 Å². The van der Waals surface area contributed by atoms with Crippen LogP contribution >= 0.6 is 48.0 Å². The highest BCUT2D eigenvalue weighted by Crippen LogP contribution is 2.22. The molecule has 3 rings (SSSR count). The first-order chi connectivity index (χ1) is 11.5. The van der Waals surface area contributed by atoms with E-state index in [0.29, 0.717) is 21.7 Å². The van der Waals surface area contributed by atoms with Crippen LogP contribution in [0.15, 0.2) is 24.3 Å². The van der Waals surface area contributed by atoms with Gasteiger partial charge >= 0.3 is 0 Å². The van der Waals surface area contributed by atoms with Crippen LogP contribution < -0.4 is 21.3 Å². The molecule has 0 radical (unpaired) electrons. The number of thioether (sulfide) groups is 2. The zero-order valence-electron chi connectivity index (χ0n) is 12.3. The van der Waals surface area contributed by atoms with Crippen LogP contribution in [0.5, 0.6) is 0 Å². The van der Waals surface area contributed by atoms with Crippen molar-refractivity contribution in [2.24, 2.45) is 0 Å². The number of amides is 2. The Kier molecular flexibility index (Phi) is 5.59. The number of carbonyl (C=O) groups is 2. The fourth-order valence-electron chi connectivity index (χ4n) is 2.18. The summed E-state index contributed by atoms with van der Waals surface area (Å²) in [7, 11) is 0. The number of rotatable bonds is 6. The van der Waals surface area contributed by atoms with Crippen LogP contribution in [0.3, 0.4) is 0 Å². The third-order valence-corrected chi connectivity index (χ3v) is 6.15. The highest BCUT2D eigenvalue weighted by molar-refractivity contribution is 8.24. The van der Waals surface area contributed by atoms with Gasteiger partial charge < -0.3 is 21.3 Å². The summed E-state index contributed by atoms with van der Waals surface area (Å²) in [6, 6.07) is 7.69. The van der Waals surface area contributed by atoms with E-state index in [1.807, 2.05) is 24.3 Å². The molecule has 10 heteroatoms. The van der Waals surface area contributed by atoms with E-state index in [2.05, 4.69) is 21.3 Å². The summed E-state index contributed by atoms with van der Waals surface area (Å²) < 4.78 is 1.05. The number of hydrogen-bond acceptors (Lipinski definition) is 8. The Bertz CT molecular complexity index is 636. The van der Waals surface area contributed by atoms with Gasteiger partial charge in [0, 0.05) is 24.5 Å². The second-order valence-corrected chi connectivity index (χ2v) is 8.86. The molecule has 1 aromatic carbocycles. The van der Waals surface area contributed by atoms with Gasteiger partial charge in [-0.25, -0.2) is 0 Å². The lowest BCUT2D eigenvalue weighted by Gasteiger charge is -2.12. The lowest BCUT2D eigenvalue weighted by molar-refractivity contribution is -0.119. The van der Waals surface area contributed by atoms with Gasteiger partial charge in [-0.2, -0.15) is 0 Å².